The normalized spacial score (nSPS) is 17.9. The van der Waals surface area contributed by atoms with Crippen LogP contribution in [0.2, 0.25) is 0 Å². The topological polar surface area (TPSA) is 30.7 Å². The van der Waals surface area contributed by atoms with E-state index in [2.05, 4.69) is 51.5 Å². The van der Waals surface area contributed by atoms with Crippen LogP contribution >= 0.6 is 15.9 Å². The van der Waals surface area contributed by atoms with Crippen molar-refractivity contribution in [3.63, 3.8) is 0 Å². The molecule has 0 aliphatic heterocycles. The highest BCUT2D eigenvalue weighted by Crippen LogP contribution is 2.37. The Balaban J connectivity index is 2.41. The largest absolute Gasteiger partial charge is 0.309 e. The number of aromatic nitrogens is 3. The Morgan fingerprint density at radius 1 is 1.33 bits per heavy atom. The molecule has 0 atom stereocenters. The summed E-state index contributed by atoms with van der Waals surface area (Å²) in [6.07, 6.45) is 3.89. The molecule has 4 heteroatoms. The molecule has 0 spiro atoms. The van der Waals surface area contributed by atoms with Crippen LogP contribution in [0.4, 0.5) is 0 Å². The van der Waals surface area contributed by atoms with Gasteiger partial charge in [0.05, 0.1) is 5.33 Å². The number of rotatable bonds is 2. The molecular formula is C11H18BrN3. The molecule has 1 aliphatic carbocycles. The molecule has 1 heterocycles. The van der Waals surface area contributed by atoms with Gasteiger partial charge in [-0.05, 0) is 33.6 Å². The average molecular weight is 272 g/mol. The second kappa shape index (κ2) is 3.89. The van der Waals surface area contributed by atoms with E-state index in [4.69, 9.17) is 0 Å². The van der Waals surface area contributed by atoms with Crippen molar-refractivity contribution in [1.82, 2.24) is 14.8 Å². The first-order chi connectivity index (χ1) is 7.04. The van der Waals surface area contributed by atoms with Crippen LogP contribution in [0.3, 0.4) is 0 Å². The molecule has 3 nitrogen and oxygen atoms in total. The van der Waals surface area contributed by atoms with E-state index in [1.165, 1.54) is 25.1 Å². The van der Waals surface area contributed by atoms with E-state index in [0.717, 1.165) is 11.2 Å². The third-order valence-electron chi connectivity index (χ3n) is 3.02. The van der Waals surface area contributed by atoms with Crippen molar-refractivity contribution in [1.29, 1.82) is 0 Å². The zero-order chi connectivity index (χ0) is 11.1. The molecule has 0 radical (unpaired) electrons. The maximum absolute atomic E-state index is 4.36. The lowest BCUT2D eigenvalue weighted by molar-refractivity contribution is 0.324. The van der Waals surface area contributed by atoms with Gasteiger partial charge in [0.1, 0.15) is 11.6 Å². The SMILES string of the molecule is CC(C)(C)n1c(CBr)nnc1C1CCC1. The van der Waals surface area contributed by atoms with Crippen LogP contribution in [0.15, 0.2) is 0 Å². The number of alkyl halides is 1. The minimum atomic E-state index is 0.0809. The smallest absolute Gasteiger partial charge is 0.144 e. The fourth-order valence-electron chi connectivity index (χ4n) is 2.08. The third-order valence-corrected chi connectivity index (χ3v) is 3.52. The van der Waals surface area contributed by atoms with Gasteiger partial charge in [0.2, 0.25) is 0 Å². The average Bonchev–Trinajstić information content (AvgIpc) is 2.43. The summed E-state index contributed by atoms with van der Waals surface area (Å²) in [5.41, 5.74) is 0.0809. The molecule has 84 valence electrons. The predicted octanol–water partition coefficient (Wildman–Crippen LogP) is 3.20. The summed E-state index contributed by atoms with van der Waals surface area (Å²) in [6, 6.07) is 0. The van der Waals surface area contributed by atoms with Crippen LogP contribution < -0.4 is 0 Å². The van der Waals surface area contributed by atoms with Gasteiger partial charge >= 0.3 is 0 Å². The first kappa shape index (κ1) is 11.1. The highest BCUT2D eigenvalue weighted by atomic mass is 79.9. The van der Waals surface area contributed by atoms with Gasteiger partial charge in [0, 0.05) is 11.5 Å². The quantitative estimate of drug-likeness (QED) is 0.774. The minimum absolute atomic E-state index is 0.0809. The summed E-state index contributed by atoms with van der Waals surface area (Å²) in [5, 5.41) is 9.41. The fraction of sp³-hybridized carbons (Fsp3) is 0.818. The third kappa shape index (κ3) is 1.96. The number of hydrogen-bond acceptors (Lipinski definition) is 2. The Labute approximate surface area is 99.4 Å². The summed E-state index contributed by atoms with van der Waals surface area (Å²) >= 11 is 3.48. The molecule has 15 heavy (non-hydrogen) atoms. The number of nitrogens with zero attached hydrogens (tertiary/aromatic N) is 3. The zero-order valence-electron chi connectivity index (χ0n) is 9.63. The molecule has 1 aliphatic rings. The Kier molecular flexibility index (Phi) is 2.88. The Bertz CT molecular complexity index is 347. The number of halogens is 1. The Hall–Kier alpha value is -0.380. The molecular weight excluding hydrogens is 254 g/mol. The fourth-order valence-corrected chi connectivity index (χ4v) is 2.44. The second-order valence-electron chi connectivity index (χ2n) is 5.24. The first-order valence-corrected chi connectivity index (χ1v) is 6.67. The van der Waals surface area contributed by atoms with Gasteiger partial charge in [-0.15, -0.1) is 10.2 Å². The van der Waals surface area contributed by atoms with Gasteiger partial charge in [0.25, 0.3) is 0 Å². The maximum Gasteiger partial charge on any atom is 0.144 e. The summed E-state index contributed by atoms with van der Waals surface area (Å²) < 4.78 is 2.30. The van der Waals surface area contributed by atoms with Crippen LogP contribution in [0.5, 0.6) is 0 Å². The van der Waals surface area contributed by atoms with Crippen molar-refractivity contribution in [2.75, 3.05) is 0 Å². The highest BCUT2D eigenvalue weighted by Gasteiger charge is 2.30. The van der Waals surface area contributed by atoms with Crippen molar-refractivity contribution in [2.24, 2.45) is 0 Å². The van der Waals surface area contributed by atoms with Crippen molar-refractivity contribution in [3.05, 3.63) is 11.6 Å². The van der Waals surface area contributed by atoms with Crippen LogP contribution in [0, 0.1) is 0 Å². The molecule has 0 bridgehead atoms. The molecule has 0 amide bonds. The molecule has 0 unspecified atom stereocenters. The van der Waals surface area contributed by atoms with E-state index in [9.17, 15) is 0 Å². The van der Waals surface area contributed by atoms with Gasteiger partial charge in [0.15, 0.2) is 0 Å². The van der Waals surface area contributed by atoms with E-state index in [1.54, 1.807) is 0 Å². The second-order valence-corrected chi connectivity index (χ2v) is 5.80. The van der Waals surface area contributed by atoms with E-state index in [-0.39, 0.29) is 5.54 Å². The van der Waals surface area contributed by atoms with E-state index in [1.807, 2.05) is 0 Å². The summed E-state index contributed by atoms with van der Waals surface area (Å²) in [7, 11) is 0. The molecule has 2 rings (SSSR count). The number of hydrogen-bond donors (Lipinski definition) is 0. The van der Waals surface area contributed by atoms with Crippen molar-refractivity contribution >= 4 is 15.9 Å². The molecule has 1 aromatic heterocycles. The summed E-state index contributed by atoms with van der Waals surface area (Å²) in [4.78, 5) is 0. The summed E-state index contributed by atoms with van der Waals surface area (Å²) in [5.74, 6) is 2.87. The Morgan fingerprint density at radius 2 is 2.00 bits per heavy atom. The molecule has 0 aromatic carbocycles. The van der Waals surface area contributed by atoms with Crippen LogP contribution in [0.25, 0.3) is 0 Å². The zero-order valence-corrected chi connectivity index (χ0v) is 11.2. The molecule has 1 aromatic rings. The summed E-state index contributed by atoms with van der Waals surface area (Å²) in [6.45, 7) is 6.64. The lowest BCUT2D eigenvalue weighted by Gasteiger charge is -2.31. The standard InChI is InChI=1S/C11H18BrN3/c1-11(2,3)15-9(7-12)13-14-10(15)8-5-4-6-8/h8H,4-7H2,1-3H3. The molecule has 1 fully saturated rings. The van der Waals surface area contributed by atoms with Gasteiger partial charge in [-0.1, -0.05) is 22.4 Å². The van der Waals surface area contributed by atoms with E-state index < -0.39 is 0 Å². The minimum Gasteiger partial charge on any atom is -0.309 e. The van der Waals surface area contributed by atoms with Crippen LogP contribution in [0.1, 0.15) is 57.6 Å². The van der Waals surface area contributed by atoms with Gasteiger partial charge in [-0.25, -0.2) is 0 Å². The monoisotopic (exact) mass is 271 g/mol. The van der Waals surface area contributed by atoms with Gasteiger partial charge in [-0.2, -0.15) is 0 Å². The lowest BCUT2D eigenvalue weighted by atomic mass is 9.84. The lowest BCUT2D eigenvalue weighted by Crippen LogP contribution is -2.28. The van der Waals surface area contributed by atoms with Crippen LogP contribution in [-0.4, -0.2) is 14.8 Å². The van der Waals surface area contributed by atoms with Crippen molar-refractivity contribution < 1.29 is 0 Å². The Morgan fingerprint density at radius 3 is 2.40 bits per heavy atom. The maximum atomic E-state index is 4.36. The van der Waals surface area contributed by atoms with Crippen LogP contribution in [-0.2, 0) is 10.9 Å². The first-order valence-electron chi connectivity index (χ1n) is 5.54. The van der Waals surface area contributed by atoms with E-state index >= 15 is 0 Å². The van der Waals surface area contributed by atoms with E-state index in [0.29, 0.717) is 5.92 Å². The van der Waals surface area contributed by atoms with Gasteiger partial charge in [-0.3, -0.25) is 0 Å². The predicted molar refractivity (Wildman–Crippen MR) is 64.2 cm³/mol. The van der Waals surface area contributed by atoms with Crippen molar-refractivity contribution in [3.8, 4) is 0 Å². The molecule has 1 saturated carbocycles. The molecule has 0 saturated heterocycles. The van der Waals surface area contributed by atoms with Crippen molar-refractivity contribution in [2.45, 2.75) is 56.8 Å². The highest BCUT2D eigenvalue weighted by molar-refractivity contribution is 9.08. The molecule has 0 N–H and O–H groups in total. The van der Waals surface area contributed by atoms with Gasteiger partial charge < -0.3 is 4.57 Å².